The number of hydrogen-bond acceptors (Lipinski definition) is 8. The van der Waals surface area contributed by atoms with Gasteiger partial charge in [0, 0.05) is 17.8 Å². The van der Waals surface area contributed by atoms with Crippen LogP contribution in [0.15, 0.2) is 23.1 Å². The van der Waals surface area contributed by atoms with Gasteiger partial charge in [0.2, 0.25) is 0 Å². The number of hydrogen-bond donors (Lipinski definition) is 5. The van der Waals surface area contributed by atoms with E-state index in [9.17, 15) is 20.1 Å². The predicted octanol–water partition coefficient (Wildman–Crippen LogP) is -0.684. The number of anilines is 1. The quantitative estimate of drug-likeness (QED) is 0.412. The minimum absolute atomic E-state index is 0.337. The van der Waals surface area contributed by atoms with Crippen LogP contribution in [0, 0.1) is 0 Å². The summed E-state index contributed by atoms with van der Waals surface area (Å²) >= 11 is 0. The first-order valence-corrected chi connectivity index (χ1v) is 8.13. The zero-order valence-electron chi connectivity index (χ0n) is 14.2. The van der Waals surface area contributed by atoms with Gasteiger partial charge in [-0.1, -0.05) is 0 Å². The van der Waals surface area contributed by atoms with Crippen molar-refractivity contribution in [1.82, 2.24) is 20.0 Å². The predicted molar refractivity (Wildman–Crippen MR) is 92.8 cm³/mol. The third-order valence-corrected chi connectivity index (χ3v) is 4.90. The second-order valence-electron chi connectivity index (χ2n) is 6.54. The van der Waals surface area contributed by atoms with Crippen molar-refractivity contribution in [2.75, 3.05) is 19.0 Å². The van der Waals surface area contributed by atoms with Crippen LogP contribution in [-0.2, 0) is 4.74 Å². The molecular formula is C16H19N5O5. The van der Waals surface area contributed by atoms with Gasteiger partial charge in [-0.3, -0.25) is 4.79 Å². The molecule has 1 aliphatic heterocycles. The molecule has 2 aromatic heterocycles. The molecule has 0 bridgehead atoms. The Kier molecular flexibility index (Phi) is 3.74. The molecule has 10 nitrogen and oxygen atoms in total. The summed E-state index contributed by atoms with van der Waals surface area (Å²) in [6.45, 7) is 0.975. The zero-order chi connectivity index (χ0) is 18.6. The van der Waals surface area contributed by atoms with Gasteiger partial charge in [-0.25, -0.2) is 9.78 Å². The Bertz CT molecular complexity index is 1040. The summed E-state index contributed by atoms with van der Waals surface area (Å²) in [6, 6.07) is 3.44. The number of aromatic amines is 1. The van der Waals surface area contributed by atoms with E-state index in [0.717, 1.165) is 0 Å². The molecule has 1 aromatic carbocycles. The topological polar surface area (TPSA) is 146 Å². The lowest BCUT2D eigenvalue weighted by Gasteiger charge is -2.29. The van der Waals surface area contributed by atoms with E-state index in [4.69, 9.17) is 4.74 Å². The van der Waals surface area contributed by atoms with Gasteiger partial charge in [0.25, 0.3) is 5.56 Å². The maximum Gasteiger partial charge on any atom is 0.272 e. The molecule has 0 saturated carbocycles. The molecule has 4 rings (SSSR count). The molecule has 0 unspecified atom stereocenters. The van der Waals surface area contributed by atoms with E-state index in [1.165, 1.54) is 17.8 Å². The Morgan fingerprint density at radius 3 is 2.81 bits per heavy atom. The van der Waals surface area contributed by atoms with Gasteiger partial charge in [-0.15, -0.1) is 0 Å². The number of rotatable bonds is 3. The molecule has 4 atom stereocenters. The normalized spacial score (nSPS) is 28.9. The SMILES string of the molecule is CNc1c2ccc3c(=O)[nH]ncc(nn1[C@@H]1O[C@H](CO)[C@@H](O)[C@@]1(C)O)c23. The summed E-state index contributed by atoms with van der Waals surface area (Å²) in [5, 5.41) is 46.0. The summed E-state index contributed by atoms with van der Waals surface area (Å²) in [6.07, 6.45) is -1.89. The standard InChI is InChI=1S/C16H19N5O5/c1-16(25)12(23)10(6-22)26-15(16)21-13(17-2)7-3-4-8-11(7)9(20-21)5-18-19-14(8)24/h3-5,10,12,15,17,22-23,25H,6H2,1-2H3,(H,19,24)/t10-,12-,15-,16-/m1/s1. The summed E-state index contributed by atoms with van der Waals surface area (Å²) in [7, 11) is 1.68. The van der Waals surface area contributed by atoms with Crippen molar-refractivity contribution >= 4 is 27.5 Å². The van der Waals surface area contributed by atoms with Crippen LogP contribution in [-0.4, -0.2) is 66.8 Å². The van der Waals surface area contributed by atoms with E-state index in [-0.39, 0.29) is 5.56 Å². The van der Waals surface area contributed by atoms with Gasteiger partial charge in [0.05, 0.1) is 18.2 Å². The fourth-order valence-electron chi connectivity index (χ4n) is 3.55. The fraction of sp³-hybridized carbons (Fsp3) is 0.438. The van der Waals surface area contributed by atoms with Crippen LogP contribution in [0.4, 0.5) is 5.82 Å². The lowest BCUT2D eigenvalue weighted by Crippen LogP contribution is -2.44. The van der Waals surface area contributed by atoms with Crippen molar-refractivity contribution in [3.63, 3.8) is 0 Å². The highest BCUT2D eigenvalue weighted by molar-refractivity contribution is 6.12. The number of aliphatic hydroxyl groups excluding tert-OH is 2. The van der Waals surface area contributed by atoms with Crippen LogP contribution in [0.3, 0.4) is 0 Å². The third kappa shape index (κ3) is 2.16. The molecule has 3 heterocycles. The molecule has 5 N–H and O–H groups in total. The first-order chi connectivity index (χ1) is 12.4. The molecule has 1 aliphatic rings. The Morgan fingerprint density at radius 1 is 1.42 bits per heavy atom. The number of nitrogens with one attached hydrogen (secondary N) is 2. The Morgan fingerprint density at radius 2 is 2.15 bits per heavy atom. The summed E-state index contributed by atoms with van der Waals surface area (Å²) in [5.41, 5.74) is -1.61. The van der Waals surface area contributed by atoms with Gasteiger partial charge in [0.1, 0.15) is 29.1 Å². The van der Waals surface area contributed by atoms with E-state index >= 15 is 0 Å². The van der Waals surface area contributed by atoms with Gasteiger partial charge < -0.3 is 25.4 Å². The van der Waals surface area contributed by atoms with Crippen LogP contribution in [0.2, 0.25) is 0 Å². The lowest BCUT2D eigenvalue weighted by molar-refractivity contribution is -0.101. The van der Waals surface area contributed by atoms with Gasteiger partial charge in [-0.2, -0.15) is 10.2 Å². The number of aliphatic hydroxyl groups is 3. The molecule has 138 valence electrons. The fourth-order valence-corrected chi connectivity index (χ4v) is 3.55. The number of H-pyrrole nitrogens is 1. The van der Waals surface area contributed by atoms with Crippen LogP contribution in [0.1, 0.15) is 13.2 Å². The monoisotopic (exact) mass is 361 g/mol. The highest BCUT2D eigenvalue weighted by atomic mass is 16.6. The molecule has 1 fully saturated rings. The van der Waals surface area contributed by atoms with Crippen LogP contribution < -0.4 is 10.9 Å². The van der Waals surface area contributed by atoms with E-state index < -0.39 is 30.6 Å². The largest absolute Gasteiger partial charge is 0.394 e. The molecule has 0 aliphatic carbocycles. The maximum absolute atomic E-state index is 12.1. The van der Waals surface area contributed by atoms with Gasteiger partial charge >= 0.3 is 0 Å². The molecule has 26 heavy (non-hydrogen) atoms. The van der Waals surface area contributed by atoms with Crippen molar-refractivity contribution in [1.29, 1.82) is 0 Å². The van der Waals surface area contributed by atoms with Crippen molar-refractivity contribution in [3.05, 3.63) is 28.7 Å². The van der Waals surface area contributed by atoms with Crippen LogP contribution in [0.5, 0.6) is 0 Å². The summed E-state index contributed by atoms with van der Waals surface area (Å²) in [5.74, 6) is 0.495. The van der Waals surface area contributed by atoms with Crippen LogP contribution in [0.25, 0.3) is 21.7 Å². The summed E-state index contributed by atoms with van der Waals surface area (Å²) < 4.78 is 7.08. The van der Waals surface area contributed by atoms with Crippen molar-refractivity contribution in [2.24, 2.45) is 0 Å². The number of ether oxygens (including phenoxy) is 1. The van der Waals surface area contributed by atoms with Crippen molar-refractivity contribution < 1.29 is 20.1 Å². The Labute approximate surface area is 147 Å². The maximum atomic E-state index is 12.1. The molecule has 1 saturated heterocycles. The van der Waals surface area contributed by atoms with Crippen molar-refractivity contribution in [3.8, 4) is 0 Å². The number of aromatic nitrogens is 4. The average molecular weight is 361 g/mol. The van der Waals surface area contributed by atoms with Crippen molar-refractivity contribution in [2.45, 2.75) is 31.0 Å². The first kappa shape index (κ1) is 16.9. The zero-order valence-corrected chi connectivity index (χ0v) is 14.2. The molecular weight excluding hydrogens is 342 g/mol. The van der Waals surface area contributed by atoms with Gasteiger partial charge in [-0.05, 0) is 19.1 Å². The van der Waals surface area contributed by atoms with E-state index in [1.54, 1.807) is 19.2 Å². The Balaban J connectivity index is 2.03. The minimum atomic E-state index is -1.69. The smallest absolute Gasteiger partial charge is 0.272 e. The molecule has 10 heteroatoms. The second kappa shape index (κ2) is 5.74. The van der Waals surface area contributed by atoms with E-state index in [2.05, 4.69) is 20.6 Å². The Hall–Kier alpha value is -2.53. The highest BCUT2D eigenvalue weighted by Crippen LogP contribution is 2.41. The third-order valence-electron chi connectivity index (χ3n) is 4.90. The molecule has 3 aromatic rings. The molecule has 0 amide bonds. The second-order valence-corrected chi connectivity index (χ2v) is 6.54. The van der Waals surface area contributed by atoms with E-state index in [1.807, 2.05) is 0 Å². The number of nitrogens with zero attached hydrogens (tertiary/aromatic N) is 3. The van der Waals surface area contributed by atoms with E-state index in [0.29, 0.717) is 27.5 Å². The minimum Gasteiger partial charge on any atom is -0.394 e. The highest BCUT2D eigenvalue weighted by Gasteiger charge is 2.53. The van der Waals surface area contributed by atoms with Gasteiger partial charge in [0.15, 0.2) is 6.23 Å². The summed E-state index contributed by atoms with van der Waals surface area (Å²) in [4.78, 5) is 12.1. The molecule has 0 spiro atoms. The molecule has 0 radical (unpaired) electrons. The first-order valence-electron chi connectivity index (χ1n) is 8.13. The van der Waals surface area contributed by atoms with Crippen LogP contribution >= 0.6 is 0 Å². The average Bonchev–Trinajstić information content (AvgIpc) is 3.09. The lowest BCUT2D eigenvalue weighted by atomic mass is 9.96.